The predicted octanol–water partition coefficient (Wildman–Crippen LogP) is 4.57. The number of pyridine rings is 1. The molecule has 0 bridgehead atoms. The third-order valence-corrected chi connectivity index (χ3v) is 9.14. The quantitative estimate of drug-likeness (QED) is 0.550. The summed E-state index contributed by atoms with van der Waals surface area (Å²) in [5, 5.41) is 9.47. The Bertz CT molecular complexity index is 1330. The molecule has 1 saturated carbocycles. The minimum Gasteiger partial charge on any atom is -0.376 e. The molecule has 37 heavy (non-hydrogen) atoms. The van der Waals surface area contributed by atoms with E-state index in [4.69, 9.17) is 4.74 Å². The van der Waals surface area contributed by atoms with E-state index >= 15 is 0 Å². The lowest BCUT2D eigenvalue weighted by molar-refractivity contribution is -0.117. The van der Waals surface area contributed by atoms with Crippen molar-refractivity contribution in [3.05, 3.63) is 53.5 Å². The topological polar surface area (TPSA) is 72.3 Å². The highest BCUT2D eigenvalue weighted by molar-refractivity contribution is 5.96. The Morgan fingerprint density at radius 2 is 1.97 bits per heavy atom. The molecule has 2 saturated heterocycles. The second kappa shape index (κ2) is 9.17. The first-order chi connectivity index (χ1) is 17.7. The number of alkyl halides is 1. The summed E-state index contributed by atoms with van der Waals surface area (Å²) in [4.78, 5) is 19.9. The molecule has 3 aromatic rings. The van der Waals surface area contributed by atoms with Gasteiger partial charge in [-0.2, -0.15) is 5.10 Å². The third-order valence-electron chi connectivity index (χ3n) is 9.14. The van der Waals surface area contributed by atoms with Crippen LogP contribution in [0.15, 0.2) is 36.8 Å². The second-order valence-corrected chi connectivity index (χ2v) is 11.6. The summed E-state index contributed by atoms with van der Waals surface area (Å²) in [6.07, 6.45) is 6.77. The molecule has 1 aliphatic carbocycles. The van der Waals surface area contributed by atoms with Gasteiger partial charge in [-0.05, 0) is 85.8 Å². The van der Waals surface area contributed by atoms with Crippen LogP contribution in [0.2, 0.25) is 0 Å². The molecule has 4 heterocycles. The number of nitrogens with zero attached hydrogens (tertiary/aromatic N) is 4. The standard InChI is InChI=1S/C29H36FN5O2/c1-17-9-21-12-31-25(33-28(36)27-18(2)26(27)22-13-32-34(4)14-22)11-20(21)10-23(17)19-5-7-35(8-6-19)29(3)16-37-15-24(29)30/h9-14,18-19,24,26-27H,5-8,15-16H2,1-4H3,(H,31,33,36)/t18?,24-,26?,27?,29+/m0/s1. The number of rotatable bonds is 5. The van der Waals surface area contributed by atoms with Gasteiger partial charge in [0, 0.05) is 36.7 Å². The van der Waals surface area contributed by atoms with Crippen LogP contribution in [0.5, 0.6) is 0 Å². The minimum absolute atomic E-state index is 0.0171. The summed E-state index contributed by atoms with van der Waals surface area (Å²) in [6, 6.07) is 6.45. The zero-order valence-corrected chi connectivity index (χ0v) is 22.1. The third kappa shape index (κ3) is 4.34. The maximum absolute atomic E-state index is 14.5. The fourth-order valence-corrected chi connectivity index (χ4v) is 6.66. The lowest BCUT2D eigenvalue weighted by atomic mass is 9.83. The van der Waals surface area contributed by atoms with Gasteiger partial charge in [0.25, 0.3) is 0 Å². The summed E-state index contributed by atoms with van der Waals surface area (Å²) in [7, 11) is 1.90. The largest absolute Gasteiger partial charge is 0.376 e. The molecule has 2 aliphatic heterocycles. The Morgan fingerprint density at radius 3 is 2.65 bits per heavy atom. The maximum atomic E-state index is 14.5. The fourth-order valence-electron chi connectivity index (χ4n) is 6.66. The molecule has 1 N–H and O–H groups in total. The number of nitrogens with one attached hydrogen (secondary N) is 1. The highest BCUT2D eigenvalue weighted by Crippen LogP contribution is 2.54. The van der Waals surface area contributed by atoms with Crippen LogP contribution in [-0.4, -0.2) is 63.6 Å². The van der Waals surface area contributed by atoms with Crippen LogP contribution >= 0.6 is 0 Å². The predicted molar refractivity (Wildman–Crippen MR) is 141 cm³/mol. The molecule has 2 aromatic heterocycles. The lowest BCUT2D eigenvalue weighted by Gasteiger charge is -2.43. The lowest BCUT2D eigenvalue weighted by Crippen LogP contribution is -2.55. The van der Waals surface area contributed by atoms with Gasteiger partial charge >= 0.3 is 0 Å². The van der Waals surface area contributed by atoms with E-state index in [1.165, 1.54) is 11.1 Å². The number of anilines is 1. The van der Waals surface area contributed by atoms with Crippen LogP contribution in [0, 0.1) is 18.8 Å². The molecule has 0 radical (unpaired) electrons. The molecule has 196 valence electrons. The first-order valence-electron chi connectivity index (χ1n) is 13.4. The molecule has 1 aromatic carbocycles. The van der Waals surface area contributed by atoms with Gasteiger partial charge in [-0.15, -0.1) is 0 Å². The molecule has 3 aliphatic rings. The van der Waals surface area contributed by atoms with Crippen molar-refractivity contribution in [2.24, 2.45) is 18.9 Å². The Hall–Kier alpha value is -2.84. The van der Waals surface area contributed by atoms with Crippen LogP contribution in [0.25, 0.3) is 10.8 Å². The summed E-state index contributed by atoms with van der Waals surface area (Å²) in [5.74, 6) is 1.48. The van der Waals surface area contributed by atoms with Gasteiger partial charge in [0.2, 0.25) is 5.91 Å². The number of fused-ring (bicyclic) bond motifs is 1. The molecule has 0 spiro atoms. The van der Waals surface area contributed by atoms with Crippen LogP contribution in [0.4, 0.5) is 10.2 Å². The second-order valence-electron chi connectivity index (χ2n) is 11.6. The Morgan fingerprint density at radius 1 is 1.19 bits per heavy atom. The van der Waals surface area contributed by atoms with E-state index in [1.807, 2.05) is 38.6 Å². The van der Waals surface area contributed by atoms with E-state index in [-0.39, 0.29) is 30.3 Å². The van der Waals surface area contributed by atoms with E-state index < -0.39 is 11.7 Å². The number of hydrogen-bond acceptors (Lipinski definition) is 5. The van der Waals surface area contributed by atoms with Crippen molar-refractivity contribution in [1.82, 2.24) is 19.7 Å². The van der Waals surface area contributed by atoms with E-state index in [0.717, 1.165) is 42.3 Å². The number of aryl methyl sites for hydroxylation is 2. The zero-order chi connectivity index (χ0) is 25.9. The Kier molecular flexibility index (Phi) is 6.07. The highest BCUT2D eigenvalue weighted by atomic mass is 19.1. The zero-order valence-electron chi connectivity index (χ0n) is 22.1. The van der Waals surface area contributed by atoms with Crippen molar-refractivity contribution in [2.45, 2.75) is 57.2 Å². The number of aromatic nitrogens is 3. The normalized spacial score (nSPS) is 30.6. The monoisotopic (exact) mass is 505 g/mol. The molecule has 8 heteroatoms. The van der Waals surface area contributed by atoms with Crippen molar-refractivity contribution in [1.29, 1.82) is 0 Å². The molecule has 7 nitrogen and oxygen atoms in total. The summed E-state index contributed by atoms with van der Waals surface area (Å²) >= 11 is 0. The number of carbonyl (C=O) groups excluding carboxylic acids is 1. The first kappa shape index (κ1) is 24.5. The molecule has 1 amide bonds. The molecular weight excluding hydrogens is 469 g/mol. The van der Waals surface area contributed by atoms with Crippen LogP contribution in [0.1, 0.15) is 55.2 Å². The highest BCUT2D eigenvalue weighted by Gasteiger charge is 2.53. The summed E-state index contributed by atoms with van der Waals surface area (Å²) in [5.41, 5.74) is 3.21. The smallest absolute Gasteiger partial charge is 0.229 e. The van der Waals surface area contributed by atoms with Crippen LogP contribution in [0.3, 0.4) is 0 Å². The number of benzene rings is 1. The number of amides is 1. The molecule has 3 fully saturated rings. The number of ether oxygens (including phenoxy) is 1. The summed E-state index contributed by atoms with van der Waals surface area (Å²) < 4.78 is 21.7. The minimum atomic E-state index is -0.925. The van der Waals surface area contributed by atoms with Gasteiger partial charge in [-0.25, -0.2) is 9.37 Å². The van der Waals surface area contributed by atoms with Gasteiger partial charge in [0.05, 0.1) is 24.9 Å². The molecule has 3 unspecified atom stereocenters. The maximum Gasteiger partial charge on any atom is 0.229 e. The van der Waals surface area contributed by atoms with Gasteiger partial charge < -0.3 is 10.1 Å². The van der Waals surface area contributed by atoms with E-state index in [2.05, 4.69) is 46.3 Å². The van der Waals surface area contributed by atoms with Crippen LogP contribution < -0.4 is 5.32 Å². The number of halogens is 1. The Labute approximate surface area is 217 Å². The van der Waals surface area contributed by atoms with Crippen molar-refractivity contribution in [2.75, 3.05) is 31.6 Å². The average Bonchev–Trinajstić information content (AvgIpc) is 3.15. The van der Waals surface area contributed by atoms with E-state index in [1.54, 1.807) is 4.68 Å². The van der Waals surface area contributed by atoms with Gasteiger partial charge in [-0.3, -0.25) is 14.4 Å². The summed E-state index contributed by atoms with van der Waals surface area (Å²) in [6.45, 7) is 8.69. The number of likely N-dealkylation sites (tertiary alicyclic amines) is 1. The number of hydrogen-bond donors (Lipinski definition) is 1. The first-order valence-corrected chi connectivity index (χ1v) is 13.4. The van der Waals surface area contributed by atoms with Crippen molar-refractivity contribution in [3.63, 3.8) is 0 Å². The van der Waals surface area contributed by atoms with Gasteiger partial charge in [0.1, 0.15) is 12.0 Å². The molecule has 5 atom stereocenters. The van der Waals surface area contributed by atoms with E-state index in [0.29, 0.717) is 18.3 Å². The van der Waals surface area contributed by atoms with E-state index in [9.17, 15) is 9.18 Å². The van der Waals surface area contributed by atoms with Crippen molar-refractivity contribution < 1.29 is 13.9 Å². The van der Waals surface area contributed by atoms with Crippen LogP contribution in [-0.2, 0) is 16.6 Å². The fraction of sp³-hybridized carbons (Fsp3) is 0.552. The number of piperidine rings is 1. The molecule has 6 rings (SSSR count). The average molecular weight is 506 g/mol. The van der Waals surface area contributed by atoms with Crippen molar-refractivity contribution in [3.8, 4) is 0 Å². The van der Waals surface area contributed by atoms with Gasteiger partial charge in [0.15, 0.2) is 0 Å². The Balaban J connectivity index is 1.16. The molecular formula is C29H36FN5O2. The van der Waals surface area contributed by atoms with Gasteiger partial charge in [-0.1, -0.05) is 13.0 Å². The number of carbonyl (C=O) groups is 1. The SMILES string of the molecule is Cc1cc2cnc(NC(=O)C3C(C)C3c3cnn(C)c3)cc2cc1C1CCN([C@]2(C)COC[C@@H]2F)CC1. The van der Waals surface area contributed by atoms with Crippen molar-refractivity contribution >= 4 is 22.5 Å².